The smallest absolute Gasteiger partial charge is 0.322 e. The molecule has 1 saturated carbocycles. The van der Waals surface area contributed by atoms with E-state index in [2.05, 4.69) is 25.6 Å². The van der Waals surface area contributed by atoms with Gasteiger partial charge in [0.15, 0.2) is 0 Å². The van der Waals surface area contributed by atoms with Gasteiger partial charge < -0.3 is 30.6 Å². The van der Waals surface area contributed by atoms with Crippen molar-refractivity contribution in [3.05, 3.63) is 0 Å². The number of nitrogens with zero attached hydrogens (tertiary/aromatic N) is 3. The Kier molecular flexibility index (Phi) is 8.50. The Balaban J connectivity index is 1.72. The number of aromatic nitrogens is 3. The molecule has 2 rings (SSSR count). The second-order valence-corrected chi connectivity index (χ2v) is 5.54. The third kappa shape index (κ3) is 6.81. The molecule has 0 aromatic carbocycles. The van der Waals surface area contributed by atoms with Gasteiger partial charge in [-0.05, 0) is 12.8 Å². The monoisotopic (exact) mass is 340 g/mol. The quantitative estimate of drug-likeness (QED) is 0.471. The standard InChI is InChI=1S/C15H28N6O3/c1-22-15-20-13(17-7-9-24-11-10-23-8-6-16)19-14(21-15)18-12-4-2-3-5-12/h12H,2-11,16H2,1H3,(H2,17,18,19,20,21). The summed E-state index contributed by atoms with van der Waals surface area (Å²) in [4.78, 5) is 12.8. The van der Waals surface area contributed by atoms with E-state index in [0.29, 0.717) is 63.5 Å². The normalized spacial score (nSPS) is 14.8. The molecule has 0 radical (unpaired) electrons. The summed E-state index contributed by atoms with van der Waals surface area (Å²) in [5.74, 6) is 1.03. The van der Waals surface area contributed by atoms with Crippen molar-refractivity contribution >= 4 is 11.9 Å². The lowest BCUT2D eigenvalue weighted by Crippen LogP contribution is -2.19. The van der Waals surface area contributed by atoms with Crippen molar-refractivity contribution in [3.8, 4) is 6.01 Å². The number of ether oxygens (including phenoxy) is 3. The predicted molar refractivity (Wildman–Crippen MR) is 91.4 cm³/mol. The highest BCUT2D eigenvalue weighted by Crippen LogP contribution is 2.21. The van der Waals surface area contributed by atoms with Crippen molar-refractivity contribution in [2.75, 3.05) is 57.3 Å². The molecule has 24 heavy (non-hydrogen) atoms. The zero-order valence-corrected chi connectivity index (χ0v) is 14.3. The van der Waals surface area contributed by atoms with Crippen molar-refractivity contribution in [2.45, 2.75) is 31.7 Å². The summed E-state index contributed by atoms with van der Waals surface area (Å²) >= 11 is 0. The van der Waals surface area contributed by atoms with E-state index >= 15 is 0 Å². The van der Waals surface area contributed by atoms with Gasteiger partial charge in [0, 0.05) is 19.1 Å². The minimum Gasteiger partial charge on any atom is -0.467 e. The molecule has 0 atom stereocenters. The number of hydrogen-bond donors (Lipinski definition) is 3. The van der Waals surface area contributed by atoms with Crippen molar-refractivity contribution in [1.82, 2.24) is 15.0 Å². The van der Waals surface area contributed by atoms with E-state index < -0.39 is 0 Å². The molecule has 1 aromatic rings. The number of hydrogen-bond acceptors (Lipinski definition) is 9. The first kappa shape index (κ1) is 18.6. The Morgan fingerprint density at radius 2 is 1.71 bits per heavy atom. The molecule has 4 N–H and O–H groups in total. The van der Waals surface area contributed by atoms with Crippen molar-refractivity contribution in [3.63, 3.8) is 0 Å². The highest BCUT2D eigenvalue weighted by molar-refractivity contribution is 5.36. The minimum absolute atomic E-state index is 0.295. The SMILES string of the molecule is COc1nc(NCCOCCOCCN)nc(NC2CCCC2)n1. The van der Waals surface area contributed by atoms with E-state index in [-0.39, 0.29) is 0 Å². The molecular formula is C15H28N6O3. The van der Waals surface area contributed by atoms with Crippen LogP contribution in [-0.4, -0.2) is 67.6 Å². The van der Waals surface area contributed by atoms with Gasteiger partial charge in [-0.3, -0.25) is 0 Å². The van der Waals surface area contributed by atoms with Crippen LogP contribution in [0.4, 0.5) is 11.9 Å². The summed E-state index contributed by atoms with van der Waals surface area (Å²) in [5, 5.41) is 6.46. The van der Waals surface area contributed by atoms with Crippen LogP contribution in [0, 0.1) is 0 Å². The third-order valence-corrected chi connectivity index (χ3v) is 3.65. The molecule has 1 fully saturated rings. The topological polar surface area (TPSA) is 116 Å². The maximum absolute atomic E-state index is 5.45. The molecule has 1 aliphatic rings. The summed E-state index contributed by atoms with van der Waals surface area (Å²) in [5.41, 5.74) is 5.33. The van der Waals surface area contributed by atoms with Crippen LogP contribution in [0.2, 0.25) is 0 Å². The first-order valence-electron chi connectivity index (χ1n) is 8.48. The molecule has 0 aliphatic heterocycles. The Morgan fingerprint density at radius 3 is 2.42 bits per heavy atom. The van der Waals surface area contributed by atoms with Gasteiger partial charge in [0.05, 0.1) is 33.5 Å². The lowest BCUT2D eigenvalue weighted by molar-refractivity contribution is 0.0547. The van der Waals surface area contributed by atoms with Crippen LogP contribution < -0.4 is 21.1 Å². The number of nitrogens with two attached hydrogens (primary N) is 1. The van der Waals surface area contributed by atoms with Crippen molar-refractivity contribution in [1.29, 1.82) is 0 Å². The Morgan fingerprint density at radius 1 is 1.00 bits per heavy atom. The molecule has 1 heterocycles. The van der Waals surface area contributed by atoms with Gasteiger partial charge in [0.1, 0.15) is 0 Å². The van der Waals surface area contributed by atoms with Crippen molar-refractivity contribution in [2.24, 2.45) is 5.73 Å². The fourth-order valence-corrected chi connectivity index (χ4v) is 2.48. The maximum Gasteiger partial charge on any atom is 0.322 e. The second-order valence-electron chi connectivity index (χ2n) is 5.54. The minimum atomic E-state index is 0.295. The Hall–Kier alpha value is -1.71. The summed E-state index contributed by atoms with van der Waals surface area (Å²) in [6.45, 7) is 3.30. The Labute approximate surface area is 142 Å². The fraction of sp³-hybridized carbons (Fsp3) is 0.800. The van der Waals surface area contributed by atoms with E-state index in [0.717, 1.165) is 12.8 Å². The lowest BCUT2D eigenvalue weighted by Gasteiger charge is -2.13. The van der Waals surface area contributed by atoms with Gasteiger partial charge in [-0.25, -0.2) is 0 Å². The van der Waals surface area contributed by atoms with Crippen LogP contribution in [0.15, 0.2) is 0 Å². The Bertz CT molecular complexity index is 471. The van der Waals surface area contributed by atoms with Gasteiger partial charge in [-0.1, -0.05) is 12.8 Å². The van der Waals surface area contributed by atoms with Gasteiger partial charge in [0.2, 0.25) is 11.9 Å². The summed E-state index contributed by atoms with van der Waals surface area (Å²) in [6, 6.07) is 0.728. The zero-order chi connectivity index (χ0) is 17.0. The summed E-state index contributed by atoms with van der Waals surface area (Å²) in [7, 11) is 1.54. The lowest BCUT2D eigenvalue weighted by atomic mass is 10.3. The summed E-state index contributed by atoms with van der Waals surface area (Å²) in [6.07, 6.45) is 4.79. The molecule has 1 aromatic heterocycles. The average Bonchev–Trinajstić information content (AvgIpc) is 3.10. The van der Waals surface area contributed by atoms with E-state index in [4.69, 9.17) is 19.9 Å². The largest absolute Gasteiger partial charge is 0.467 e. The molecular weight excluding hydrogens is 312 g/mol. The van der Waals surface area contributed by atoms with Crippen LogP contribution in [0.3, 0.4) is 0 Å². The van der Waals surface area contributed by atoms with E-state index in [1.54, 1.807) is 7.11 Å². The highest BCUT2D eigenvalue weighted by atomic mass is 16.5. The third-order valence-electron chi connectivity index (χ3n) is 3.65. The van der Waals surface area contributed by atoms with Crippen LogP contribution >= 0.6 is 0 Å². The van der Waals surface area contributed by atoms with Gasteiger partial charge in [-0.2, -0.15) is 15.0 Å². The van der Waals surface area contributed by atoms with E-state index in [9.17, 15) is 0 Å². The first-order chi connectivity index (χ1) is 11.8. The highest BCUT2D eigenvalue weighted by Gasteiger charge is 2.16. The number of rotatable bonds is 12. The van der Waals surface area contributed by atoms with Crippen LogP contribution in [0.5, 0.6) is 6.01 Å². The predicted octanol–water partition coefficient (Wildman–Crippen LogP) is 0.639. The zero-order valence-electron chi connectivity index (χ0n) is 14.3. The molecule has 1 aliphatic carbocycles. The first-order valence-corrected chi connectivity index (χ1v) is 8.48. The fourth-order valence-electron chi connectivity index (χ4n) is 2.48. The van der Waals surface area contributed by atoms with Crippen LogP contribution in [0.25, 0.3) is 0 Å². The number of anilines is 2. The van der Waals surface area contributed by atoms with E-state index in [1.807, 2.05) is 0 Å². The van der Waals surface area contributed by atoms with Gasteiger partial charge >= 0.3 is 6.01 Å². The summed E-state index contributed by atoms with van der Waals surface area (Å²) < 4.78 is 15.8. The molecule has 9 nitrogen and oxygen atoms in total. The molecule has 0 unspecified atom stereocenters. The molecule has 0 spiro atoms. The van der Waals surface area contributed by atoms with Crippen LogP contribution in [-0.2, 0) is 9.47 Å². The van der Waals surface area contributed by atoms with E-state index in [1.165, 1.54) is 12.8 Å². The number of methoxy groups -OCH3 is 1. The molecule has 0 amide bonds. The molecule has 9 heteroatoms. The van der Waals surface area contributed by atoms with Crippen molar-refractivity contribution < 1.29 is 14.2 Å². The molecule has 0 saturated heterocycles. The number of nitrogens with one attached hydrogen (secondary N) is 2. The second kappa shape index (κ2) is 11.0. The molecule has 0 bridgehead atoms. The van der Waals surface area contributed by atoms with Gasteiger partial charge in [-0.15, -0.1) is 0 Å². The average molecular weight is 340 g/mol. The van der Waals surface area contributed by atoms with Gasteiger partial charge in [0.25, 0.3) is 0 Å². The molecule has 136 valence electrons. The van der Waals surface area contributed by atoms with Crippen LogP contribution in [0.1, 0.15) is 25.7 Å². The maximum atomic E-state index is 5.45.